The van der Waals surface area contributed by atoms with Gasteiger partial charge in [0, 0.05) is 26.5 Å². The molecule has 0 saturated heterocycles. The lowest BCUT2D eigenvalue weighted by atomic mass is 10.2. The number of aromatic nitrogens is 1. The highest BCUT2D eigenvalue weighted by molar-refractivity contribution is 6.05. The molecule has 0 fully saturated rings. The van der Waals surface area contributed by atoms with Crippen LogP contribution in [0.2, 0.25) is 0 Å². The second-order valence-electron chi connectivity index (χ2n) is 2.88. The van der Waals surface area contributed by atoms with Gasteiger partial charge in [-0.2, -0.15) is 0 Å². The topological polar surface area (TPSA) is 33.2 Å². The number of nitrogens with zero attached hydrogens (tertiary/aromatic N) is 2. The first kappa shape index (κ1) is 9.45. The Bertz CT molecular complexity index is 304. The maximum atomic E-state index is 10.7. The van der Waals surface area contributed by atoms with E-state index >= 15 is 0 Å². The number of carbonyl (C=O) groups is 1. The molecule has 1 aromatic heterocycles. The number of pyridine rings is 1. The van der Waals surface area contributed by atoms with Gasteiger partial charge >= 0.3 is 0 Å². The number of allylic oxidation sites excluding steroid dienone is 1. The molecule has 3 heteroatoms. The third-order valence-electron chi connectivity index (χ3n) is 1.48. The third kappa shape index (κ3) is 2.71. The van der Waals surface area contributed by atoms with Crippen molar-refractivity contribution in [2.45, 2.75) is 0 Å². The lowest BCUT2D eigenvalue weighted by Crippen LogP contribution is -2.03. The molecule has 68 valence electrons. The fraction of sp³-hybridized carbons (Fsp3) is 0.200. The second-order valence-corrected chi connectivity index (χ2v) is 2.88. The normalized spacial score (nSPS) is 11.1. The number of carbonyl (C=O) groups excluding carboxylic acids is 1. The van der Waals surface area contributed by atoms with Crippen molar-refractivity contribution >= 4 is 11.9 Å². The van der Waals surface area contributed by atoms with Gasteiger partial charge in [-0.3, -0.25) is 9.78 Å². The first-order valence-electron chi connectivity index (χ1n) is 3.99. The molecule has 0 radical (unpaired) electrons. The summed E-state index contributed by atoms with van der Waals surface area (Å²) < 4.78 is 0. The summed E-state index contributed by atoms with van der Waals surface area (Å²) in [7, 11) is 3.74. The van der Waals surface area contributed by atoms with Crippen molar-refractivity contribution < 1.29 is 4.79 Å². The molecule has 0 spiro atoms. The van der Waals surface area contributed by atoms with Crippen LogP contribution in [0.1, 0.15) is 5.69 Å². The van der Waals surface area contributed by atoms with E-state index in [2.05, 4.69) is 4.98 Å². The summed E-state index contributed by atoms with van der Waals surface area (Å²) >= 11 is 0. The zero-order chi connectivity index (χ0) is 9.68. The lowest BCUT2D eigenvalue weighted by molar-refractivity contribution is -0.103. The Labute approximate surface area is 77.7 Å². The average Bonchev–Trinajstić information content (AvgIpc) is 2.15. The van der Waals surface area contributed by atoms with Crippen molar-refractivity contribution in [3.05, 3.63) is 36.3 Å². The van der Waals surface area contributed by atoms with E-state index < -0.39 is 0 Å². The molecule has 0 aliphatic heterocycles. The van der Waals surface area contributed by atoms with Gasteiger partial charge in [-0.25, -0.2) is 0 Å². The van der Waals surface area contributed by atoms with Crippen LogP contribution >= 0.6 is 0 Å². The molecule has 13 heavy (non-hydrogen) atoms. The molecule has 1 aromatic rings. The summed E-state index contributed by atoms with van der Waals surface area (Å²) in [6.07, 6.45) is 4.22. The van der Waals surface area contributed by atoms with Crippen molar-refractivity contribution in [1.29, 1.82) is 0 Å². The number of aldehydes is 1. The van der Waals surface area contributed by atoms with E-state index in [1.165, 1.54) is 0 Å². The number of hydrogen-bond donors (Lipinski definition) is 0. The Balaban J connectivity index is 2.98. The molecule has 0 aliphatic carbocycles. The van der Waals surface area contributed by atoms with Crippen LogP contribution in [-0.4, -0.2) is 30.3 Å². The summed E-state index contributed by atoms with van der Waals surface area (Å²) in [5.74, 6) is 0. The highest BCUT2D eigenvalue weighted by Crippen LogP contribution is 2.07. The maximum Gasteiger partial charge on any atom is 0.153 e. The maximum absolute atomic E-state index is 10.7. The largest absolute Gasteiger partial charge is 0.383 e. The van der Waals surface area contributed by atoms with Gasteiger partial charge in [0.1, 0.15) is 0 Å². The minimum atomic E-state index is 0.589. The van der Waals surface area contributed by atoms with E-state index in [9.17, 15) is 4.79 Å². The van der Waals surface area contributed by atoms with Crippen molar-refractivity contribution in [3.63, 3.8) is 0 Å². The van der Waals surface area contributed by atoms with Crippen LogP contribution in [0.3, 0.4) is 0 Å². The zero-order valence-electron chi connectivity index (χ0n) is 7.77. The molecule has 3 nitrogen and oxygen atoms in total. The van der Waals surface area contributed by atoms with Crippen LogP contribution in [0.15, 0.2) is 30.6 Å². The van der Waals surface area contributed by atoms with Gasteiger partial charge in [0.2, 0.25) is 0 Å². The van der Waals surface area contributed by atoms with Crippen molar-refractivity contribution in [1.82, 2.24) is 9.88 Å². The predicted molar refractivity (Wildman–Crippen MR) is 52.0 cm³/mol. The van der Waals surface area contributed by atoms with Crippen molar-refractivity contribution in [3.8, 4) is 0 Å². The van der Waals surface area contributed by atoms with Crippen LogP contribution in [0.25, 0.3) is 5.57 Å². The molecule has 0 aromatic carbocycles. The molecule has 0 unspecified atom stereocenters. The van der Waals surface area contributed by atoms with Crippen LogP contribution in [0.4, 0.5) is 0 Å². The standard InChI is InChI=1S/C10H12N2O/c1-12(2)7-9(8-13)10-5-3-4-6-11-10/h3-8H,1-2H3/b9-7-. The Morgan fingerprint density at radius 2 is 2.23 bits per heavy atom. The van der Waals surface area contributed by atoms with Gasteiger partial charge in [-0.1, -0.05) is 6.07 Å². The molecule has 1 heterocycles. The van der Waals surface area contributed by atoms with Gasteiger partial charge in [0.05, 0.1) is 11.3 Å². The number of hydrogen-bond acceptors (Lipinski definition) is 3. The predicted octanol–water partition coefficient (Wildman–Crippen LogP) is 1.18. The van der Waals surface area contributed by atoms with Gasteiger partial charge in [-0.05, 0) is 12.1 Å². The highest BCUT2D eigenvalue weighted by atomic mass is 16.1. The third-order valence-corrected chi connectivity index (χ3v) is 1.48. The van der Waals surface area contributed by atoms with E-state index in [-0.39, 0.29) is 0 Å². The van der Waals surface area contributed by atoms with Crippen LogP contribution in [-0.2, 0) is 4.79 Å². The monoisotopic (exact) mass is 176 g/mol. The highest BCUT2D eigenvalue weighted by Gasteiger charge is 1.99. The Morgan fingerprint density at radius 1 is 1.46 bits per heavy atom. The minimum absolute atomic E-state index is 0.589. The van der Waals surface area contributed by atoms with E-state index in [1.54, 1.807) is 12.4 Å². The summed E-state index contributed by atoms with van der Waals surface area (Å²) in [4.78, 5) is 16.6. The molecular weight excluding hydrogens is 164 g/mol. The molecule has 0 amide bonds. The molecule has 0 aliphatic rings. The van der Waals surface area contributed by atoms with E-state index in [4.69, 9.17) is 0 Å². The summed E-state index contributed by atoms with van der Waals surface area (Å²) in [6, 6.07) is 5.49. The smallest absolute Gasteiger partial charge is 0.153 e. The number of rotatable bonds is 3. The molecule has 0 atom stereocenters. The van der Waals surface area contributed by atoms with Crippen molar-refractivity contribution in [2.24, 2.45) is 0 Å². The summed E-state index contributed by atoms with van der Waals surface area (Å²) in [6.45, 7) is 0. The molecule has 0 bridgehead atoms. The fourth-order valence-electron chi connectivity index (χ4n) is 0.969. The first-order valence-corrected chi connectivity index (χ1v) is 3.99. The van der Waals surface area contributed by atoms with E-state index in [1.807, 2.05) is 37.2 Å². The second kappa shape index (κ2) is 4.40. The summed E-state index contributed by atoms with van der Waals surface area (Å²) in [5, 5.41) is 0. The summed E-state index contributed by atoms with van der Waals surface area (Å²) in [5.41, 5.74) is 1.29. The molecule has 1 rings (SSSR count). The lowest BCUT2D eigenvalue weighted by Gasteiger charge is -2.06. The quantitative estimate of drug-likeness (QED) is 0.512. The van der Waals surface area contributed by atoms with E-state index in [0.717, 1.165) is 6.29 Å². The first-order chi connectivity index (χ1) is 6.24. The zero-order valence-corrected chi connectivity index (χ0v) is 7.77. The Kier molecular flexibility index (Phi) is 3.20. The average molecular weight is 176 g/mol. The van der Waals surface area contributed by atoms with Crippen LogP contribution < -0.4 is 0 Å². The Morgan fingerprint density at radius 3 is 2.69 bits per heavy atom. The van der Waals surface area contributed by atoms with Gasteiger partial charge < -0.3 is 4.90 Å². The fourth-order valence-corrected chi connectivity index (χ4v) is 0.969. The Hall–Kier alpha value is -1.64. The molecule has 0 saturated carbocycles. The van der Waals surface area contributed by atoms with Crippen LogP contribution in [0, 0.1) is 0 Å². The minimum Gasteiger partial charge on any atom is -0.383 e. The molecular formula is C10H12N2O. The van der Waals surface area contributed by atoms with Gasteiger partial charge in [0.15, 0.2) is 6.29 Å². The molecule has 0 N–H and O–H groups in total. The van der Waals surface area contributed by atoms with Crippen molar-refractivity contribution in [2.75, 3.05) is 14.1 Å². The SMILES string of the molecule is CN(C)/C=C(/C=O)c1ccccn1. The van der Waals surface area contributed by atoms with Crippen LogP contribution in [0.5, 0.6) is 0 Å². The van der Waals surface area contributed by atoms with Gasteiger partial charge in [0.25, 0.3) is 0 Å². The van der Waals surface area contributed by atoms with Gasteiger partial charge in [-0.15, -0.1) is 0 Å². The van der Waals surface area contributed by atoms with E-state index in [0.29, 0.717) is 11.3 Å².